The Hall–Kier alpha value is -2.25. The van der Waals surface area contributed by atoms with Crippen molar-refractivity contribution in [3.63, 3.8) is 0 Å². The third kappa shape index (κ3) is 3.47. The first kappa shape index (κ1) is 16.6. The van der Waals surface area contributed by atoms with Crippen LogP contribution in [0.15, 0.2) is 47.5 Å². The lowest BCUT2D eigenvalue weighted by Crippen LogP contribution is -2.27. The van der Waals surface area contributed by atoms with Gasteiger partial charge in [0, 0.05) is 30.5 Å². The largest absolute Gasteiger partial charge is 0.340 e. The lowest BCUT2D eigenvalue weighted by atomic mass is 10.1. The Kier molecular flexibility index (Phi) is 4.64. The third-order valence-corrected chi connectivity index (χ3v) is 5.89. The normalized spacial score (nSPS) is 15.4. The summed E-state index contributed by atoms with van der Waals surface area (Å²) in [5, 5.41) is 3.09. The average molecular weight is 345 g/mol. The van der Waals surface area contributed by atoms with Crippen molar-refractivity contribution in [1.82, 2.24) is 9.29 Å². The molecule has 1 saturated heterocycles. The molecule has 1 fully saturated rings. The van der Waals surface area contributed by atoms with Crippen molar-refractivity contribution in [3.05, 3.63) is 48.2 Å². The van der Waals surface area contributed by atoms with Crippen LogP contribution in [0.1, 0.15) is 30.1 Å². The summed E-state index contributed by atoms with van der Waals surface area (Å²) in [6.45, 7) is 2.67. The highest BCUT2D eigenvalue weighted by Gasteiger charge is 2.27. The van der Waals surface area contributed by atoms with Crippen molar-refractivity contribution in [1.29, 1.82) is 0 Å². The summed E-state index contributed by atoms with van der Waals surface area (Å²) in [4.78, 5) is 15.7. The van der Waals surface area contributed by atoms with E-state index in [1.54, 1.807) is 36.4 Å². The van der Waals surface area contributed by atoms with E-state index in [4.69, 9.17) is 0 Å². The maximum Gasteiger partial charge on any atom is 0.244 e. The van der Waals surface area contributed by atoms with Crippen LogP contribution in [0.5, 0.6) is 0 Å². The fourth-order valence-electron chi connectivity index (χ4n) is 2.62. The number of Topliss-reactive ketones (excluding diaryl/α,β-unsaturated/α-hetero) is 1. The van der Waals surface area contributed by atoms with E-state index in [-0.39, 0.29) is 10.7 Å². The molecule has 0 saturated carbocycles. The first-order chi connectivity index (χ1) is 11.5. The lowest BCUT2D eigenvalue weighted by molar-refractivity contribution is 0.101. The summed E-state index contributed by atoms with van der Waals surface area (Å²) in [6, 6.07) is 10.2. The molecule has 1 aromatic heterocycles. The molecule has 1 N–H and O–H groups in total. The van der Waals surface area contributed by atoms with Crippen molar-refractivity contribution in [2.24, 2.45) is 0 Å². The number of aromatic nitrogens is 1. The molecular weight excluding hydrogens is 326 g/mol. The van der Waals surface area contributed by atoms with E-state index >= 15 is 0 Å². The molecule has 126 valence electrons. The fourth-order valence-corrected chi connectivity index (χ4v) is 4.08. The topological polar surface area (TPSA) is 79.4 Å². The van der Waals surface area contributed by atoms with Crippen LogP contribution >= 0.6 is 0 Å². The van der Waals surface area contributed by atoms with Crippen LogP contribution in [0.3, 0.4) is 0 Å². The Bertz CT molecular complexity index is 824. The number of hydrogen-bond acceptors (Lipinski definition) is 5. The van der Waals surface area contributed by atoms with Gasteiger partial charge in [0.25, 0.3) is 0 Å². The predicted molar refractivity (Wildman–Crippen MR) is 92.0 cm³/mol. The summed E-state index contributed by atoms with van der Waals surface area (Å²) in [6.07, 6.45) is 3.19. The van der Waals surface area contributed by atoms with E-state index < -0.39 is 10.0 Å². The zero-order valence-corrected chi connectivity index (χ0v) is 14.2. The third-order valence-electron chi connectivity index (χ3n) is 4.00. The highest BCUT2D eigenvalue weighted by atomic mass is 32.2. The number of carbonyl (C=O) groups excluding carboxylic acids is 1. The summed E-state index contributed by atoms with van der Waals surface area (Å²) < 4.78 is 26.4. The smallest absolute Gasteiger partial charge is 0.244 e. The Balaban J connectivity index is 1.73. The number of nitrogens with one attached hydrogen (secondary N) is 1. The van der Waals surface area contributed by atoms with E-state index in [1.807, 2.05) is 0 Å². The van der Waals surface area contributed by atoms with Gasteiger partial charge in [-0.25, -0.2) is 13.4 Å². The van der Waals surface area contributed by atoms with Crippen LogP contribution in [-0.2, 0) is 10.0 Å². The van der Waals surface area contributed by atoms with E-state index in [9.17, 15) is 13.2 Å². The summed E-state index contributed by atoms with van der Waals surface area (Å²) in [7, 11) is -3.44. The van der Waals surface area contributed by atoms with Crippen molar-refractivity contribution in [3.8, 4) is 0 Å². The zero-order valence-electron chi connectivity index (χ0n) is 13.4. The van der Waals surface area contributed by atoms with E-state index in [2.05, 4.69) is 10.3 Å². The number of hydrogen-bond donors (Lipinski definition) is 1. The highest BCUT2D eigenvalue weighted by molar-refractivity contribution is 7.89. The number of rotatable bonds is 5. The molecule has 2 aromatic rings. The Labute approximate surface area is 141 Å². The Morgan fingerprint density at radius 2 is 1.75 bits per heavy atom. The molecule has 7 heteroatoms. The van der Waals surface area contributed by atoms with Crippen LogP contribution < -0.4 is 5.32 Å². The van der Waals surface area contributed by atoms with Gasteiger partial charge in [-0.2, -0.15) is 4.31 Å². The van der Waals surface area contributed by atoms with Crippen LogP contribution in [0.25, 0.3) is 0 Å². The minimum atomic E-state index is -3.44. The van der Waals surface area contributed by atoms with Crippen molar-refractivity contribution >= 4 is 27.3 Å². The molecule has 0 bridgehead atoms. The lowest BCUT2D eigenvalue weighted by Gasteiger charge is -2.15. The number of anilines is 2. The SMILES string of the molecule is CC(=O)c1ccc(Nc2ccc(S(=O)(=O)N3CCCC3)cn2)cc1. The second-order valence-corrected chi connectivity index (χ2v) is 7.69. The molecule has 0 atom stereocenters. The van der Waals surface area contributed by atoms with Crippen LogP contribution in [0.2, 0.25) is 0 Å². The quantitative estimate of drug-likeness (QED) is 0.843. The second kappa shape index (κ2) is 6.70. The van der Waals surface area contributed by atoms with Gasteiger partial charge in [0.05, 0.1) is 0 Å². The molecule has 0 amide bonds. The molecule has 0 radical (unpaired) electrons. The molecule has 0 aliphatic carbocycles. The second-order valence-electron chi connectivity index (χ2n) is 5.75. The van der Waals surface area contributed by atoms with Crippen molar-refractivity contribution in [2.45, 2.75) is 24.7 Å². The number of carbonyl (C=O) groups is 1. The van der Waals surface area contributed by atoms with Gasteiger partial charge >= 0.3 is 0 Å². The molecule has 2 heterocycles. The van der Waals surface area contributed by atoms with E-state index in [0.29, 0.717) is 24.5 Å². The number of nitrogens with zero attached hydrogens (tertiary/aromatic N) is 2. The van der Waals surface area contributed by atoms with Gasteiger partial charge in [-0.3, -0.25) is 4.79 Å². The van der Waals surface area contributed by atoms with Crippen LogP contribution in [0.4, 0.5) is 11.5 Å². The number of sulfonamides is 1. The van der Waals surface area contributed by atoms with Gasteiger partial charge in [0.2, 0.25) is 10.0 Å². The first-order valence-electron chi connectivity index (χ1n) is 7.81. The van der Waals surface area contributed by atoms with Gasteiger partial charge in [0.15, 0.2) is 5.78 Å². The maximum atomic E-state index is 12.4. The average Bonchev–Trinajstić information content (AvgIpc) is 3.11. The summed E-state index contributed by atoms with van der Waals surface area (Å²) in [5.41, 5.74) is 1.42. The van der Waals surface area contributed by atoms with Crippen LogP contribution in [0, 0.1) is 0 Å². The first-order valence-corrected chi connectivity index (χ1v) is 9.25. The highest BCUT2D eigenvalue weighted by Crippen LogP contribution is 2.22. The van der Waals surface area contributed by atoms with Gasteiger partial charge in [-0.05, 0) is 56.2 Å². The number of pyridine rings is 1. The van der Waals surface area contributed by atoms with E-state index in [0.717, 1.165) is 18.5 Å². The summed E-state index contributed by atoms with van der Waals surface area (Å²) in [5.74, 6) is 0.557. The monoisotopic (exact) mass is 345 g/mol. The molecule has 1 aliphatic heterocycles. The van der Waals surface area contributed by atoms with Gasteiger partial charge in [-0.1, -0.05) is 0 Å². The molecule has 1 aliphatic rings. The number of benzene rings is 1. The van der Waals surface area contributed by atoms with E-state index in [1.165, 1.54) is 17.4 Å². The standard InChI is InChI=1S/C17H19N3O3S/c1-13(21)14-4-6-15(7-5-14)19-17-9-8-16(12-18-17)24(22,23)20-10-2-3-11-20/h4-9,12H,2-3,10-11H2,1H3,(H,18,19). The van der Waals surface area contributed by atoms with Crippen LogP contribution in [-0.4, -0.2) is 36.6 Å². The van der Waals surface area contributed by atoms with Crippen molar-refractivity contribution < 1.29 is 13.2 Å². The maximum absolute atomic E-state index is 12.4. The Morgan fingerprint density at radius 3 is 2.29 bits per heavy atom. The molecular formula is C17H19N3O3S. The molecule has 0 unspecified atom stereocenters. The minimum Gasteiger partial charge on any atom is -0.340 e. The number of ketones is 1. The molecule has 6 nitrogen and oxygen atoms in total. The molecule has 24 heavy (non-hydrogen) atoms. The fraction of sp³-hybridized carbons (Fsp3) is 0.294. The molecule has 0 spiro atoms. The molecule has 1 aromatic carbocycles. The molecule has 3 rings (SSSR count). The van der Waals surface area contributed by atoms with Gasteiger partial charge in [0.1, 0.15) is 10.7 Å². The minimum absolute atomic E-state index is 0.0103. The Morgan fingerprint density at radius 1 is 1.08 bits per heavy atom. The summed E-state index contributed by atoms with van der Waals surface area (Å²) >= 11 is 0. The van der Waals surface area contributed by atoms with Crippen molar-refractivity contribution in [2.75, 3.05) is 18.4 Å². The zero-order chi connectivity index (χ0) is 17.2. The van der Waals surface area contributed by atoms with Gasteiger partial charge < -0.3 is 5.32 Å². The van der Waals surface area contributed by atoms with Gasteiger partial charge in [-0.15, -0.1) is 0 Å². The predicted octanol–water partition coefficient (Wildman–Crippen LogP) is 2.81.